The van der Waals surface area contributed by atoms with E-state index in [2.05, 4.69) is 16.0 Å². The van der Waals surface area contributed by atoms with Gasteiger partial charge in [0, 0.05) is 11.2 Å². The van der Waals surface area contributed by atoms with Crippen LogP contribution in [0.1, 0.15) is 54.0 Å². The average Bonchev–Trinajstić information content (AvgIpc) is 2.59. The monoisotopic (exact) mass is 391 g/mol. The van der Waals surface area contributed by atoms with Gasteiger partial charge < -0.3 is 20.7 Å². The second-order valence-electron chi connectivity index (χ2n) is 8.29. The number of rotatable bonds is 8. The SMILES string of the molecule is CC(C)C(=O)OCc1ccc(NC(=O)C(C)NC(=O)C(C)NC(C)(C)C)cc1. The molecule has 2 atom stereocenters. The predicted octanol–water partition coefficient (Wildman–Crippen LogP) is 2.61. The zero-order valence-electron chi connectivity index (χ0n) is 17.9. The van der Waals surface area contributed by atoms with Gasteiger partial charge in [-0.3, -0.25) is 14.4 Å². The van der Waals surface area contributed by atoms with Crippen molar-refractivity contribution in [3.05, 3.63) is 29.8 Å². The van der Waals surface area contributed by atoms with Crippen molar-refractivity contribution >= 4 is 23.5 Å². The molecule has 2 unspecified atom stereocenters. The normalized spacial score (nSPS) is 13.6. The first kappa shape index (κ1) is 23.6. The van der Waals surface area contributed by atoms with Gasteiger partial charge in [-0.25, -0.2) is 0 Å². The molecule has 0 spiro atoms. The van der Waals surface area contributed by atoms with E-state index in [0.29, 0.717) is 5.69 Å². The van der Waals surface area contributed by atoms with Crippen LogP contribution in [0.15, 0.2) is 24.3 Å². The molecule has 0 fully saturated rings. The zero-order valence-corrected chi connectivity index (χ0v) is 17.9. The third kappa shape index (κ3) is 8.52. The molecule has 0 saturated carbocycles. The van der Waals surface area contributed by atoms with Crippen molar-refractivity contribution in [2.45, 2.75) is 72.7 Å². The van der Waals surface area contributed by atoms with Gasteiger partial charge in [0.05, 0.1) is 12.0 Å². The van der Waals surface area contributed by atoms with E-state index in [1.165, 1.54) is 0 Å². The van der Waals surface area contributed by atoms with Crippen molar-refractivity contribution in [1.29, 1.82) is 0 Å². The van der Waals surface area contributed by atoms with E-state index in [1.54, 1.807) is 52.0 Å². The lowest BCUT2D eigenvalue weighted by Gasteiger charge is -2.26. The highest BCUT2D eigenvalue weighted by Gasteiger charge is 2.23. The Balaban J connectivity index is 2.53. The molecule has 0 aliphatic carbocycles. The lowest BCUT2D eigenvalue weighted by molar-refractivity contribution is -0.148. The van der Waals surface area contributed by atoms with Gasteiger partial charge in [0.15, 0.2) is 0 Å². The van der Waals surface area contributed by atoms with Gasteiger partial charge in [-0.1, -0.05) is 26.0 Å². The van der Waals surface area contributed by atoms with Crippen LogP contribution in [0.5, 0.6) is 0 Å². The van der Waals surface area contributed by atoms with E-state index in [-0.39, 0.29) is 35.8 Å². The molecule has 1 rings (SSSR count). The van der Waals surface area contributed by atoms with Gasteiger partial charge in [-0.05, 0) is 52.3 Å². The maximum Gasteiger partial charge on any atom is 0.308 e. The minimum absolute atomic E-state index is 0.170. The lowest BCUT2D eigenvalue weighted by Crippen LogP contribution is -2.53. The molecule has 156 valence electrons. The second kappa shape index (κ2) is 10.2. The Hall–Kier alpha value is -2.41. The number of anilines is 1. The lowest BCUT2D eigenvalue weighted by atomic mass is 10.1. The third-order valence-corrected chi connectivity index (χ3v) is 3.87. The Bertz CT molecular complexity index is 678. The summed E-state index contributed by atoms with van der Waals surface area (Å²) in [6.45, 7) is 13.1. The largest absolute Gasteiger partial charge is 0.461 e. The minimum Gasteiger partial charge on any atom is -0.461 e. The van der Waals surface area contributed by atoms with Gasteiger partial charge in [-0.15, -0.1) is 0 Å². The first-order valence-electron chi connectivity index (χ1n) is 9.53. The van der Waals surface area contributed by atoms with Crippen molar-refractivity contribution in [2.75, 3.05) is 5.32 Å². The number of esters is 1. The summed E-state index contributed by atoms with van der Waals surface area (Å²) in [4.78, 5) is 36.0. The van der Waals surface area contributed by atoms with E-state index in [0.717, 1.165) is 5.56 Å². The van der Waals surface area contributed by atoms with Crippen LogP contribution in [0.3, 0.4) is 0 Å². The topological polar surface area (TPSA) is 96.5 Å². The van der Waals surface area contributed by atoms with Crippen molar-refractivity contribution in [3.8, 4) is 0 Å². The molecule has 0 aliphatic rings. The van der Waals surface area contributed by atoms with Crippen molar-refractivity contribution < 1.29 is 19.1 Å². The van der Waals surface area contributed by atoms with Gasteiger partial charge in [0.2, 0.25) is 11.8 Å². The molecule has 1 aromatic carbocycles. The molecule has 28 heavy (non-hydrogen) atoms. The number of carbonyl (C=O) groups is 3. The Labute approximate surface area is 167 Å². The fourth-order valence-corrected chi connectivity index (χ4v) is 2.37. The Morgan fingerprint density at radius 1 is 0.929 bits per heavy atom. The maximum absolute atomic E-state index is 12.3. The smallest absolute Gasteiger partial charge is 0.308 e. The summed E-state index contributed by atoms with van der Waals surface area (Å²) in [5.74, 6) is -0.969. The van der Waals surface area contributed by atoms with Gasteiger partial charge in [0.25, 0.3) is 0 Å². The molecule has 3 N–H and O–H groups in total. The minimum atomic E-state index is -0.677. The van der Waals surface area contributed by atoms with Gasteiger partial charge >= 0.3 is 5.97 Å². The average molecular weight is 392 g/mol. The summed E-state index contributed by atoms with van der Waals surface area (Å²) >= 11 is 0. The third-order valence-electron chi connectivity index (χ3n) is 3.87. The molecule has 2 amide bonds. The Morgan fingerprint density at radius 2 is 1.50 bits per heavy atom. The van der Waals surface area contributed by atoms with E-state index in [1.807, 2.05) is 20.8 Å². The van der Waals surface area contributed by atoms with E-state index < -0.39 is 12.1 Å². The van der Waals surface area contributed by atoms with Gasteiger partial charge in [0.1, 0.15) is 12.6 Å². The fraction of sp³-hybridized carbons (Fsp3) is 0.571. The van der Waals surface area contributed by atoms with Crippen molar-refractivity contribution in [1.82, 2.24) is 10.6 Å². The molecule has 1 aromatic rings. The first-order chi connectivity index (χ1) is 12.9. The van der Waals surface area contributed by atoms with Crippen molar-refractivity contribution in [3.63, 3.8) is 0 Å². The number of carbonyl (C=O) groups excluding carboxylic acids is 3. The summed E-state index contributed by atoms with van der Waals surface area (Å²) in [6, 6.07) is 5.93. The van der Waals surface area contributed by atoms with E-state index in [9.17, 15) is 14.4 Å². The molecule has 0 radical (unpaired) electrons. The highest BCUT2D eigenvalue weighted by Crippen LogP contribution is 2.12. The van der Waals surface area contributed by atoms with E-state index >= 15 is 0 Å². The van der Waals surface area contributed by atoms with Crippen LogP contribution in [-0.2, 0) is 25.7 Å². The van der Waals surface area contributed by atoms with Crippen LogP contribution in [0.2, 0.25) is 0 Å². The predicted molar refractivity (Wildman–Crippen MR) is 110 cm³/mol. The molecule has 0 bridgehead atoms. The Kier molecular flexibility index (Phi) is 8.63. The quantitative estimate of drug-likeness (QED) is 0.592. The van der Waals surface area contributed by atoms with Crippen LogP contribution in [0, 0.1) is 5.92 Å². The Morgan fingerprint density at radius 3 is 2.00 bits per heavy atom. The molecule has 0 heterocycles. The number of nitrogens with one attached hydrogen (secondary N) is 3. The molecule has 0 aliphatic heterocycles. The summed E-state index contributed by atoms with van der Waals surface area (Å²) < 4.78 is 5.17. The number of hydrogen-bond acceptors (Lipinski definition) is 5. The van der Waals surface area contributed by atoms with Gasteiger partial charge in [-0.2, -0.15) is 0 Å². The van der Waals surface area contributed by atoms with E-state index in [4.69, 9.17) is 4.74 Å². The van der Waals surface area contributed by atoms with Crippen molar-refractivity contribution in [2.24, 2.45) is 5.92 Å². The summed E-state index contributed by atoms with van der Waals surface area (Å²) in [6.07, 6.45) is 0. The number of hydrogen-bond donors (Lipinski definition) is 3. The first-order valence-corrected chi connectivity index (χ1v) is 9.53. The van der Waals surface area contributed by atoms with Crippen LogP contribution in [0.4, 0.5) is 5.69 Å². The molecule has 0 saturated heterocycles. The fourth-order valence-electron chi connectivity index (χ4n) is 2.37. The summed E-state index contributed by atoms with van der Waals surface area (Å²) in [7, 11) is 0. The molecular weight excluding hydrogens is 358 g/mol. The van der Waals surface area contributed by atoms with Crippen LogP contribution in [-0.4, -0.2) is 35.4 Å². The maximum atomic E-state index is 12.3. The number of amides is 2. The highest BCUT2D eigenvalue weighted by molar-refractivity contribution is 5.97. The zero-order chi connectivity index (χ0) is 21.5. The summed E-state index contributed by atoms with van der Waals surface area (Å²) in [5, 5.41) is 8.63. The highest BCUT2D eigenvalue weighted by atomic mass is 16.5. The summed E-state index contributed by atoms with van der Waals surface area (Å²) in [5.41, 5.74) is 1.23. The standard InChI is InChI=1S/C21H33N3O4/c1-13(2)20(27)28-12-16-8-10-17(11-9-16)23-18(25)14(3)22-19(26)15(4)24-21(5,6)7/h8-11,13-15,24H,12H2,1-7H3,(H,22,26)(H,23,25). The number of ether oxygens (including phenoxy) is 1. The second-order valence-corrected chi connectivity index (χ2v) is 8.29. The molecule has 0 aromatic heterocycles. The molecule has 7 nitrogen and oxygen atoms in total. The molecular formula is C21H33N3O4. The van der Waals surface area contributed by atoms with Crippen LogP contribution < -0.4 is 16.0 Å². The molecule has 7 heteroatoms. The number of benzene rings is 1. The van der Waals surface area contributed by atoms with Crippen LogP contribution >= 0.6 is 0 Å². The van der Waals surface area contributed by atoms with Crippen LogP contribution in [0.25, 0.3) is 0 Å².